The molecule has 0 fully saturated rings. The molecule has 0 bridgehead atoms. The quantitative estimate of drug-likeness (QED) is 0.732. The van der Waals surface area contributed by atoms with Gasteiger partial charge in [0.05, 0.1) is 0 Å². The zero-order valence-electron chi connectivity index (χ0n) is 6.84. The van der Waals surface area contributed by atoms with Crippen LogP contribution in [0.1, 0.15) is 12.7 Å². The smallest absolute Gasteiger partial charge is 0.288 e. The molecule has 0 aliphatic rings. The van der Waals surface area contributed by atoms with Crippen LogP contribution in [0.3, 0.4) is 0 Å². The summed E-state index contributed by atoms with van der Waals surface area (Å²) in [6.45, 7) is 1.82. The number of anilines is 1. The Labute approximate surface area is 72.6 Å². The van der Waals surface area contributed by atoms with E-state index in [1.165, 1.54) is 0 Å². The van der Waals surface area contributed by atoms with Gasteiger partial charge in [-0.3, -0.25) is 15.2 Å². The number of halogens is 2. The van der Waals surface area contributed by atoms with Crippen LogP contribution in [0.15, 0.2) is 0 Å². The molecule has 0 aliphatic heterocycles. The molecule has 7 heteroatoms. The van der Waals surface area contributed by atoms with Crippen molar-refractivity contribution in [2.24, 2.45) is 0 Å². The van der Waals surface area contributed by atoms with Crippen molar-refractivity contribution in [2.45, 2.75) is 19.8 Å². The number of aryl methyl sites for hydroxylation is 1. The summed E-state index contributed by atoms with van der Waals surface area (Å²) in [5.41, 5.74) is 0. The predicted molar refractivity (Wildman–Crippen MR) is 40.4 cm³/mol. The number of carbonyl (C=O) groups is 1. The lowest BCUT2D eigenvalue weighted by Gasteiger charge is -1.96. The number of nitrogens with zero attached hydrogens (tertiary/aromatic N) is 2. The van der Waals surface area contributed by atoms with Gasteiger partial charge in [0.25, 0.3) is 5.91 Å². The monoisotopic (exact) mass is 190 g/mol. The van der Waals surface area contributed by atoms with Gasteiger partial charge in [-0.05, 0) is 0 Å². The van der Waals surface area contributed by atoms with Gasteiger partial charge in [0.1, 0.15) is 5.82 Å². The van der Waals surface area contributed by atoms with Crippen molar-refractivity contribution in [1.82, 2.24) is 15.2 Å². The summed E-state index contributed by atoms with van der Waals surface area (Å²) in [6, 6.07) is 0. The highest BCUT2D eigenvalue weighted by atomic mass is 19.3. The van der Waals surface area contributed by atoms with Gasteiger partial charge in [-0.25, -0.2) is 0 Å². The molecule has 13 heavy (non-hydrogen) atoms. The van der Waals surface area contributed by atoms with Crippen LogP contribution in [0.5, 0.6) is 0 Å². The number of carbonyl (C=O) groups excluding carboxylic acids is 1. The molecule has 1 amide bonds. The van der Waals surface area contributed by atoms with Crippen molar-refractivity contribution in [2.75, 3.05) is 5.32 Å². The summed E-state index contributed by atoms with van der Waals surface area (Å²) in [5, 5.41) is 7.84. The number of amides is 1. The van der Waals surface area contributed by atoms with Gasteiger partial charge in [0.15, 0.2) is 0 Å². The molecule has 1 rings (SSSR count). The summed E-state index contributed by atoms with van der Waals surface area (Å²) in [7, 11) is 0. The molecule has 0 saturated carbocycles. The maximum atomic E-state index is 11.7. The van der Waals surface area contributed by atoms with E-state index >= 15 is 0 Å². The predicted octanol–water partition coefficient (Wildman–Crippen LogP) is 0.571. The lowest BCUT2D eigenvalue weighted by Crippen LogP contribution is -2.20. The fourth-order valence-electron chi connectivity index (χ4n) is 0.674. The Hall–Kier alpha value is -1.53. The normalized spacial score (nSPS) is 10.5. The first-order valence-electron chi connectivity index (χ1n) is 3.63. The average molecular weight is 190 g/mol. The Morgan fingerprint density at radius 3 is 2.85 bits per heavy atom. The molecule has 5 nitrogen and oxygen atoms in total. The van der Waals surface area contributed by atoms with Crippen LogP contribution in [0.2, 0.25) is 0 Å². The van der Waals surface area contributed by atoms with Crippen molar-refractivity contribution >= 4 is 11.9 Å². The third kappa shape index (κ3) is 2.46. The van der Waals surface area contributed by atoms with E-state index < -0.39 is 12.3 Å². The fraction of sp³-hybridized carbons (Fsp3) is 0.500. The van der Waals surface area contributed by atoms with E-state index in [-0.39, 0.29) is 5.95 Å². The van der Waals surface area contributed by atoms with Gasteiger partial charge in [-0.2, -0.15) is 13.8 Å². The molecule has 72 valence electrons. The number of aromatic nitrogens is 3. The van der Waals surface area contributed by atoms with Gasteiger partial charge in [-0.15, -0.1) is 5.10 Å². The van der Waals surface area contributed by atoms with Crippen molar-refractivity contribution in [3.8, 4) is 0 Å². The zero-order valence-corrected chi connectivity index (χ0v) is 6.84. The minimum absolute atomic E-state index is 0.123. The number of hydrogen-bond acceptors (Lipinski definition) is 3. The van der Waals surface area contributed by atoms with Gasteiger partial charge < -0.3 is 0 Å². The first kappa shape index (κ1) is 9.56. The molecule has 1 heterocycles. The number of alkyl halides is 2. The van der Waals surface area contributed by atoms with Crippen molar-refractivity contribution < 1.29 is 13.6 Å². The highest BCUT2D eigenvalue weighted by molar-refractivity contribution is 5.91. The van der Waals surface area contributed by atoms with Crippen molar-refractivity contribution in [3.05, 3.63) is 5.82 Å². The third-order valence-corrected chi connectivity index (χ3v) is 1.30. The second-order valence-corrected chi connectivity index (χ2v) is 2.25. The van der Waals surface area contributed by atoms with E-state index in [2.05, 4.69) is 15.2 Å². The number of H-pyrrole nitrogens is 1. The minimum atomic E-state index is -3.05. The molecule has 0 aromatic carbocycles. The van der Waals surface area contributed by atoms with Crippen molar-refractivity contribution in [1.29, 1.82) is 0 Å². The maximum absolute atomic E-state index is 11.7. The largest absolute Gasteiger partial charge is 0.315 e. The van der Waals surface area contributed by atoms with Gasteiger partial charge in [-0.1, -0.05) is 6.92 Å². The van der Waals surface area contributed by atoms with Crippen LogP contribution in [0.4, 0.5) is 14.7 Å². The van der Waals surface area contributed by atoms with E-state index in [0.717, 1.165) is 0 Å². The third-order valence-electron chi connectivity index (χ3n) is 1.30. The molecular formula is C6H8F2N4O. The Bertz CT molecular complexity index is 299. The number of hydrogen-bond donors (Lipinski definition) is 2. The highest BCUT2D eigenvalue weighted by Gasteiger charge is 2.16. The Morgan fingerprint density at radius 2 is 2.38 bits per heavy atom. The second kappa shape index (κ2) is 3.92. The maximum Gasteiger partial charge on any atom is 0.315 e. The summed E-state index contributed by atoms with van der Waals surface area (Å²) in [5.74, 6) is -0.992. The standard InChI is InChI=1S/C6H8F2N4O/c1-2-3-9-6(12-11-3)10-5(13)4(7)8/h4H,2H2,1H3,(H2,9,10,11,12,13). The molecule has 0 radical (unpaired) electrons. The van der Waals surface area contributed by atoms with Gasteiger partial charge in [0.2, 0.25) is 5.95 Å². The SMILES string of the molecule is CCc1nc(NC(=O)C(F)F)n[nH]1. The topological polar surface area (TPSA) is 70.7 Å². The summed E-state index contributed by atoms with van der Waals surface area (Å²) < 4.78 is 23.4. The lowest BCUT2D eigenvalue weighted by atomic mass is 10.5. The number of aromatic amines is 1. The van der Waals surface area contributed by atoms with Crippen LogP contribution < -0.4 is 5.32 Å². The van der Waals surface area contributed by atoms with Crippen LogP contribution in [-0.2, 0) is 11.2 Å². The summed E-state index contributed by atoms with van der Waals surface area (Å²) >= 11 is 0. The molecule has 0 aliphatic carbocycles. The minimum Gasteiger partial charge on any atom is -0.288 e. The Morgan fingerprint density at radius 1 is 1.69 bits per heavy atom. The lowest BCUT2D eigenvalue weighted by molar-refractivity contribution is -0.126. The van der Waals surface area contributed by atoms with Crippen LogP contribution in [0, 0.1) is 0 Å². The van der Waals surface area contributed by atoms with E-state index in [1.54, 1.807) is 0 Å². The van der Waals surface area contributed by atoms with Gasteiger partial charge >= 0.3 is 6.43 Å². The second-order valence-electron chi connectivity index (χ2n) is 2.25. The number of nitrogens with one attached hydrogen (secondary N) is 2. The van der Waals surface area contributed by atoms with E-state index in [9.17, 15) is 13.6 Å². The Balaban J connectivity index is 2.59. The van der Waals surface area contributed by atoms with Gasteiger partial charge in [0, 0.05) is 6.42 Å². The van der Waals surface area contributed by atoms with E-state index in [1.807, 2.05) is 12.2 Å². The van der Waals surface area contributed by atoms with E-state index in [4.69, 9.17) is 0 Å². The summed E-state index contributed by atoms with van der Waals surface area (Å²) in [6.07, 6.45) is -2.46. The molecule has 0 saturated heterocycles. The fourth-order valence-corrected chi connectivity index (χ4v) is 0.674. The van der Waals surface area contributed by atoms with Crippen molar-refractivity contribution in [3.63, 3.8) is 0 Å². The molecule has 2 N–H and O–H groups in total. The molecule has 1 aromatic heterocycles. The van der Waals surface area contributed by atoms with Crippen LogP contribution in [-0.4, -0.2) is 27.5 Å². The average Bonchev–Trinajstić information content (AvgIpc) is 2.52. The first-order valence-corrected chi connectivity index (χ1v) is 3.63. The molecule has 1 aromatic rings. The molecular weight excluding hydrogens is 182 g/mol. The zero-order chi connectivity index (χ0) is 9.84. The molecule has 0 atom stereocenters. The van der Waals surface area contributed by atoms with E-state index in [0.29, 0.717) is 12.2 Å². The molecule has 0 unspecified atom stereocenters. The Kier molecular flexibility index (Phi) is 2.88. The summed E-state index contributed by atoms with van der Waals surface area (Å²) in [4.78, 5) is 14.2. The first-order chi connectivity index (χ1) is 6.13. The van der Waals surface area contributed by atoms with Crippen LogP contribution >= 0.6 is 0 Å². The highest BCUT2D eigenvalue weighted by Crippen LogP contribution is 2.01. The number of rotatable bonds is 3. The van der Waals surface area contributed by atoms with Crippen LogP contribution in [0.25, 0.3) is 0 Å². The molecule has 0 spiro atoms.